The van der Waals surface area contributed by atoms with E-state index in [4.69, 9.17) is 4.74 Å². The van der Waals surface area contributed by atoms with Crippen LogP contribution in [0.5, 0.6) is 0 Å². The second-order valence-electron chi connectivity index (χ2n) is 4.23. The van der Waals surface area contributed by atoms with Crippen molar-refractivity contribution in [2.75, 3.05) is 25.6 Å². The highest BCUT2D eigenvalue weighted by Crippen LogP contribution is 2.24. The fraction of sp³-hybridized carbons (Fsp3) is 0.462. The molecule has 0 saturated carbocycles. The molecule has 0 aromatic heterocycles. The van der Waals surface area contributed by atoms with Crippen molar-refractivity contribution in [3.05, 3.63) is 28.0 Å². The summed E-state index contributed by atoms with van der Waals surface area (Å²) in [4.78, 5) is 11.8. The van der Waals surface area contributed by atoms with Crippen LogP contribution in [0.3, 0.4) is 0 Å². The van der Waals surface area contributed by atoms with E-state index in [1.165, 1.54) is 6.07 Å². The van der Waals surface area contributed by atoms with Crippen LogP contribution in [0.25, 0.3) is 0 Å². The molecule has 1 aromatic carbocycles. The van der Waals surface area contributed by atoms with E-state index >= 15 is 0 Å². The monoisotopic (exact) mass is 332 g/mol. The molecule has 6 heteroatoms. The second kappa shape index (κ2) is 7.45. The molecule has 2 N–H and O–H groups in total. The van der Waals surface area contributed by atoms with Gasteiger partial charge < -0.3 is 15.4 Å². The van der Waals surface area contributed by atoms with Gasteiger partial charge in [0.1, 0.15) is 11.9 Å². The molecule has 0 saturated heterocycles. The largest absolute Gasteiger partial charge is 0.383 e. The van der Waals surface area contributed by atoms with Gasteiger partial charge in [-0.3, -0.25) is 4.79 Å². The average molecular weight is 333 g/mol. The maximum Gasteiger partial charge on any atom is 0.242 e. The molecule has 1 atom stereocenters. The van der Waals surface area contributed by atoms with E-state index in [9.17, 15) is 9.18 Å². The number of amides is 1. The normalized spacial score (nSPS) is 12.1. The van der Waals surface area contributed by atoms with Gasteiger partial charge in [0.2, 0.25) is 5.91 Å². The van der Waals surface area contributed by atoms with Crippen molar-refractivity contribution in [3.63, 3.8) is 0 Å². The minimum atomic E-state index is -0.448. The van der Waals surface area contributed by atoms with Gasteiger partial charge in [0.05, 0.1) is 11.1 Å². The van der Waals surface area contributed by atoms with Crippen molar-refractivity contribution in [1.29, 1.82) is 0 Å². The second-order valence-corrected chi connectivity index (χ2v) is 5.09. The molecule has 1 unspecified atom stereocenters. The molecule has 0 fully saturated rings. The van der Waals surface area contributed by atoms with E-state index in [0.29, 0.717) is 23.3 Å². The first-order valence-electron chi connectivity index (χ1n) is 5.94. The first kappa shape index (κ1) is 15.9. The number of ether oxygens (including phenoxy) is 1. The Morgan fingerprint density at radius 3 is 2.84 bits per heavy atom. The summed E-state index contributed by atoms with van der Waals surface area (Å²) < 4.78 is 18.7. The number of hydrogen-bond acceptors (Lipinski definition) is 3. The lowest BCUT2D eigenvalue weighted by Gasteiger charge is -2.17. The SMILES string of the molecule is COCCNC(=O)C(C)Nc1cc(F)c(Br)cc1C. The number of aryl methyl sites for hydroxylation is 1. The Morgan fingerprint density at radius 2 is 2.21 bits per heavy atom. The van der Waals surface area contributed by atoms with Gasteiger partial charge in [0.15, 0.2) is 0 Å². The lowest BCUT2D eigenvalue weighted by Crippen LogP contribution is -2.39. The number of hydrogen-bond donors (Lipinski definition) is 2. The molecule has 0 bridgehead atoms. The van der Waals surface area contributed by atoms with Gasteiger partial charge in [0, 0.05) is 19.3 Å². The third-order valence-electron chi connectivity index (χ3n) is 2.64. The molecule has 1 amide bonds. The molecule has 0 aliphatic heterocycles. The molecule has 0 aliphatic carbocycles. The summed E-state index contributed by atoms with van der Waals surface area (Å²) in [7, 11) is 1.57. The minimum Gasteiger partial charge on any atom is -0.383 e. The summed E-state index contributed by atoms with van der Waals surface area (Å²) >= 11 is 3.12. The summed E-state index contributed by atoms with van der Waals surface area (Å²) in [6, 6.07) is 2.60. The first-order chi connectivity index (χ1) is 8.95. The number of benzene rings is 1. The number of carbonyl (C=O) groups excluding carboxylic acids is 1. The molecule has 0 spiro atoms. The summed E-state index contributed by atoms with van der Waals surface area (Å²) in [5.41, 5.74) is 1.47. The number of halogens is 2. The molecule has 106 valence electrons. The van der Waals surface area contributed by atoms with E-state index in [1.54, 1.807) is 20.1 Å². The fourth-order valence-electron chi connectivity index (χ4n) is 1.53. The number of rotatable bonds is 6. The van der Waals surface area contributed by atoms with Crippen LogP contribution in [0.4, 0.5) is 10.1 Å². The van der Waals surface area contributed by atoms with E-state index < -0.39 is 6.04 Å². The molecular formula is C13H18BrFN2O2. The zero-order valence-corrected chi connectivity index (χ0v) is 12.8. The van der Waals surface area contributed by atoms with Crippen molar-refractivity contribution >= 4 is 27.5 Å². The molecular weight excluding hydrogens is 315 g/mol. The van der Waals surface area contributed by atoms with Crippen LogP contribution < -0.4 is 10.6 Å². The smallest absolute Gasteiger partial charge is 0.242 e. The van der Waals surface area contributed by atoms with E-state index in [2.05, 4.69) is 26.6 Å². The molecule has 0 heterocycles. The summed E-state index contributed by atoms with van der Waals surface area (Å²) in [6.45, 7) is 4.49. The minimum absolute atomic E-state index is 0.153. The van der Waals surface area contributed by atoms with Gasteiger partial charge in [-0.25, -0.2) is 4.39 Å². The van der Waals surface area contributed by atoms with E-state index in [1.807, 2.05) is 6.92 Å². The Morgan fingerprint density at radius 1 is 1.53 bits per heavy atom. The third kappa shape index (κ3) is 4.80. The van der Waals surface area contributed by atoms with Gasteiger partial charge in [-0.2, -0.15) is 0 Å². The number of carbonyl (C=O) groups is 1. The maximum absolute atomic E-state index is 13.5. The van der Waals surface area contributed by atoms with E-state index in [-0.39, 0.29) is 11.7 Å². The van der Waals surface area contributed by atoms with Crippen molar-refractivity contribution in [1.82, 2.24) is 5.32 Å². The Bertz CT molecular complexity index is 455. The van der Waals surface area contributed by atoms with Crippen LogP contribution in [0, 0.1) is 12.7 Å². The van der Waals surface area contributed by atoms with Crippen LogP contribution in [0.15, 0.2) is 16.6 Å². The lowest BCUT2D eigenvalue weighted by atomic mass is 10.1. The molecule has 1 rings (SSSR count). The number of nitrogens with one attached hydrogen (secondary N) is 2. The van der Waals surface area contributed by atoms with Crippen molar-refractivity contribution in [3.8, 4) is 0 Å². The van der Waals surface area contributed by atoms with Gasteiger partial charge in [-0.05, 0) is 47.5 Å². The van der Waals surface area contributed by atoms with Crippen molar-refractivity contribution in [2.45, 2.75) is 19.9 Å². The van der Waals surface area contributed by atoms with Gasteiger partial charge >= 0.3 is 0 Å². The van der Waals surface area contributed by atoms with Crippen LogP contribution in [0.2, 0.25) is 0 Å². The summed E-state index contributed by atoms with van der Waals surface area (Å²) in [6.07, 6.45) is 0. The van der Waals surface area contributed by atoms with Crippen LogP contribution in [-0.4, -0.2) is 32.2 Å². The first-order valence-corrected chi connectivity index (χ1v) is 6.73. The fourth-order valence-corrected chi connectivity index (χ4v) is 1.99. The lowest BCUT2D eigenvalue weighted by molar-refractivity contribution is -0.121. The highest BCUT2D eigenvalue weighted by Gasteiger charge is 2.14. The molecule has 0 radical (unpaired) electrons. The van der Waals surface area contributed by atoms with Crippen LogP contribution >= 0.6 is 15.9 Å². The average Bonchev–Trinajstić information content (AvgIpc) is 2.36. The Labute approximate surface area is 120 Å². The molecule has 19 heavy (non-hydrogen) atoms. The molecule has 1 aromatic rings. The zero-order chi connectivity index (χ0) is 14.4. The van der Waals surface area contributed by atoms with Crippen molar-refractivity contribution < 1.29 is 13.9 Å². The molecule has 0 aliphatic rings. The van der Waals surface area contributed by atoms with Gasteiger partial charge in [0.25, 0.3) is 0 Å². The highest BCUT2D eigenvalue weighted by molar-refractivity contribution is 9.10. The van der Waals surface area contributed by atoms with Gasteiger partial charge in [-0.1, -0.05) is 0 Å². The topological polar surface area (TPSA) is 50.4 Å². The standard InChI is InChI=1S/C13H18BrFN2O2/c1-8-6-10(14)11(15)7-12(8)17-9(2)13(18)16-4-5-19-3/h6-7,9,17H,4-5H2,1-3H3,(H,16,18). The summed E-state index contributed by atoms with van der Waals surface area (Å²) in [5.74, 6) is -0.514. The number of anilines is 1. The molecule has 4 nitrogen and oxygen atoms in total. The third-order valence-corrected chi connectivity index (χ3v) is 3.25. The predicted molar refractivity (Wildman–Crippen MR) is 76.8 cm³/mol. The predicted octanol–water partition coefficient (Wildman–Crippen LogP) is 2.46. The summed E-state index contributed by atoms with van der Waals surface area (Å²) in [5, 5.41) is 5.71. The number of methoxy groups -OCH3 is 1. The van der Waals surface area contributed by atoms with E-state index in [0.717, 1.165) is 5.56 Å². The van der Waals surface area contributed by atoms with Crippen LogP contribution in [-0.2, 0) is 9.53 Å². The highest BCUT2D eigenvalue weighted by atomic mass is 79.9. The van der Waals surface area contributed by atoms with Crippen molar-refractivity contribution in [2.24, 2.45) is 0 Å². The maximum atomic E-state index is 13.5. The Balaban J connectivity index is 2.63. The Hall–Kier alpha value is -1.14. The quantitative estimate of drug-likeness (QED) is 0.787. The van der Waals surface area contributed by atoms with Gasteiger partial charge in [-0.15, -0.1) is 0 Å². The van der Waals surface area contributed by atoms with Crippen LogP contribution in [0.1, 0.15) is 12.5 Å². The Kier molecular flexibility index (Phi) is 6.24. The zero-order valence-electron chi connectivity index (χ0n) is 11.2.